The molecular weight excluding hydrogens is 244 g/mol. The van der Waals surface area contributed by atoms with Gasteiger partial charge >= 0.3 is 0 Å². The van der Waals surface area contributed by atoms with Gasteiger partial charge in [-0.15, -0.1) is 11.3 Å². The number of nitrogens with zero attached hydrogens (tertiary/aromatic N) is 2. The average molecular weight is 260 g/mol. The zero-order valence-electron chi connectivity index (χ0n) is 10.3. The zero-order valence-corrected chi connectivity index (χ0v) is 11.1. The molecule has 3 rings (SSSR count). The van der Waals surface area contributed by atoms with E-state index < -0.39 is 0 Å². The Bertz CT molecular complexity index is 520. The van der Waals surface area contributed by atoms with Gasteiger partial charge in [0.2, 0.25) is 5.95 Å². The van der Waals surface area contributed by atoms with Gasteiger partial charge in [0.15, 0.2) is 0 Å². The molecule has 1 fully saturated rings. The molecule has 2 aromatic heterocycles. The Morgan fingerprint density at radius 3 is 2.94 bits per heavy atom. The Hall–Kier alpha value is -1.62. The Balaban J connectivity index is 1.75. The van der Waals surface area contributed by atoms with Crippen molar-refractivity contribution >= 4 is 23.1 Å². The minimum Gasteiger partial charge on any atom is -0.365 e. The van der Waals surface area contributed by atoms with Gasteiger partial charge in [0, 0.05) is 23.9 Å². The summed E-state index contributed by atoms with van der Waals surface area (Å²) in [7, 11) is 1.86. The lowest BCUT2D eigenvalue weighted by Crippen LogP contribution is -2.05. The van der Waals surface area contributed by atoms with Crippen LogP contribution in [0.1, 0.15) is 29.3 Å². The lowest BCUT2D eigenvalue weighted by molar-refractivity contribution is 0.981. The average Bonchev–Trinajstić information content (AvgIpc) is 3.13. The van der Waals surface area contributed by atoms with Crippen LogP contribution in [0.2, 0.25) is 0 Å². The molecule has 2 heterocycles. The van der Waals surface area contributed by atoms with E-state index in [1.807, 2.05) is 7.05 Å². The third-order valence-electron chi connectivity index (χ3n) is 2.99. The first-order valence-corrected chi connectivity index (χ1v) is 7.06. The maximum Gasteiger partial charge on any atom is 0.224 e. The van der Waals surface area contributed by atoms with Gasteiger partial charge in [-0.25, -0.2) is 4.98 Å². The first-order chi connectivity index (χ1) is 8.85. The van der Waals surface area contributed by atoms with Crippen molar-refractivity contribution in [1.29, 1.82) is 0 Å². The molecule has 1 saturated carbocycles. The fraction of sp³-hybridized carbons (Fsp3) is 0.385. The molecule has 0 amide bonds. The molecule has 18 heavy (non-hydrogen) atoms. The summed E-state index contributed by atoms with van der Waals surface area (Å²) in [5.74, 6) is 2.25. The van der Waals surface area contributed by atoms with Crippen molar-refractivity contribution in [1.82, 2.24) is 9.97 Å². The van der Waals surface area contributed by atoms with Gasteiger partial charge in [0.25, 0.3) is 0 Å². The maximum atomic E-state index is 4.50. The summed E-state index contributed by atoms with van der Waals surface area (Å²) in [5.41, 5.74) is 1.16. The predicted octanol–water partition coefficient (Wildman–Crippen LogP) is 3.07. The minimum absolute atomic E-state index is 0.641. The first kappa shape index (κ1) is 11.5. The molecule has 94 valence electrons. The van der Waals surface area contributed by atoms with Crippen LogP contribution < -0.4 is 10.6 Å². The molecular formula is C13H16N4S. The molecule has 0 unspecified atom stereocenters. The van der Waals surface area contributed by atoms with Gasteiger partial charge in [-0.3, -0.25) is 0 Å². The fourth-order valence-electron chi connectivity index (χ4n) is 1.85. The van der Waals surface area contributed by atoms with Gasteiger partial charge < -0.3 is 10.6 Å². The molecule has 4 nitrogen and oxygen atoms in total. The molecule has 0 bridgehead atoms. The van der Waals surface area contributed by atoms with Crippen LogP contribution in [0.15, 0.2) is 23.6 Å². The van der Waals surface area contributed by atoms with Crippen molar-refractivity contribution in [2.45, 2.75) is 25.3 Å². The summed E-state index contributed by atoms with van der Waals surface area (Å²) < 4.78 is 0. The van der Waals surface area contributed by atoms with E-state index in [1.165, 1.54) is 17.7 Å². The predicted molar refractivity (Wildman–Crippen MR) is 75.2 cm³/mol. The number of hydrogen-bond donors (Lipinski definition) is 2. The number of nitrogens with one attached hydrogen (secondary N) is 2. The fourth-order valence-corrected chi connectivity index (χ4v) is 2.49. The van der Waals surface area contributed by atoms with Crippen molar-refractivity contribution < 1.29 is 0 Å². The van der Waals surface area contributed by atoms with Crippen molar-refractivity contribution in [3.63, 3.8) is 0 Å². The van der Waals surface area contributed by atoms with Crippen molar-refractivity contribution in [3.05, 3.63) is 34.2 Å². The molecule has 5 heteroatoms. The van der Waals surface area contributed by atoms with Gasteiger partial charge in [-0.05, 0) is 24.3 Å². The number of hydrogen-bond acceptors (Lipinski definition) is 5. The standard InChI is InChI=1S/C13H16N4S/c1-14-13-16-11(9-4-5-9)7-12(17-13)15-8-10-3-2-6-18-10/h2-3,6-7,9H,4-5,8H2,1H3,(H2,14,15,16,17). The molecule has 0 saturated heterocycles. The molecule has 0 aliphatic heterocycles. The van der Waals surface area contributed by atoms with E-state index in [1.54, 1.807) is 11.3 Å². The number of thiophene rings is 1. The van der Waals surface area contributed by atoms with Crippen molar-refractivity contribution in [2.75, 3.05) is 17.7 Å². The van der Waals surface area contributed by atoms with Crippen molar-refractivity contribution in [3.8, 4) is 0 Å². The molecule has 0 aromatic carbocycles. The van der Waals surface area contributed by atoms with Crippen LogP contribution in [0.3, 0.4) is 0 Å². The minimum atomic E-state index is 0.641. The van der Waals surface area contributed by atoms with Crippen LogP contribution in [0.5, 0.6) is 0 Å². The SMILES string of the molecule is CNc1nc(NCc2cccs2)cc(C2CC2)n1. The van der Waals surface area contributed by atoms with Gasteiger partial charge in [0.05, 0.1) is 12.2 Å². The third-order valence-corrected chi connectivity index (χ3v) is 3.87. The van der Waals surface area contributed by atoms with E-state index in [-0.39, 0.29) is 0 Å². The van der Waals surface area contributed by atoms with Crippen molar-refractivity contribution in [2.24, 2.45) is 0 Å². The monoisotopic (exact) mass is 260 g/mol. The Labute approximate surface area is 110 Å². The highest BCUT2D eigenvalue weighted by atomic mass is 32.1. The molecule has 0 atom stereocenters. The highest BCUT2D eigenvalue weighted by Gasteiger charge is 2.26. The van der Waals surface area contributed by atoms with Crippen LogP contribution in [0, 0.1) is 0 Å². The van der Waals surface area contributed by atoms with Crippen LogP contribution in [0.25, 0.3) is 0 Å². The van der Waals surface area contributed by atoms with E-state index >= 15 is 0 Å². The summed E-state index contributed by atoms with van der Waals surface area (Å²) >= 11 is 1.75. The number of aromatic nitrogens is 2. The summed E-state index contributed by atoms with van der Waals surface area (Å²) in [6, 6.07) is 6.27. The largest absolute Gasteiger partial charge is 0.365 e. The molecule has 1 aliphatic rings. The van der Waals surface area contributed by atoms with E-state index in [9.17, 15) is 0 Å². The molecule has 2 N–H and O–H groups in total. The second-order valence-electron chi connectivity index (χ2n) is 4.46. The third kappa shape index (κ3) is 2.61. The van der Waals surface area contributed by atoms with Crippen LogP contribution >= 0.6 is 11.3 Å². The van der Waals surface area contributed by atoms with E-state index in [4.69, 9.17) is 0 Å². The lowest BCUT2D eigenvalue weighted by Gasteiger charge is -2.08. The van der Waals surface area contributed by atoms with E-state index in [0.29, 0.717) is 11.9 Å². The lowest BCUT2D eigenvalue weighted by atomic mass is 10.3. The van der Waals surface area contributed by atoms with Gasteiger partial charge in [0.1, 0.15) is 5.82 Å². The smallest absolute Gasteiger partial charge is 0.224 e. The summed E-state index contributed by atoms with van der Waals surface area (Å²) in [6.07, 6.45) is 2.51. The van der Waals surface area contributed by atoms with E-state index in [2.05, 4.69) is 44.2 Å². The summed E-state index contributed by atoms with van der Waals surface area (Å²) in [4.78, 5) is 10.2. The molecule has 2 aromatic rings. The summed E-state index contributed by atoms with van der Waals surface area (Å²) in [5, 5.41) is 8.48. The topological polar surface area (TPSA) is 49.8 Å². The zero-order chi connectivity index (χ0) is 12.4. The molecule has 1 aliphatic carbocycles. The molecule has 0 spiro atoms. The number of anilines is 2. The Morgan fingerprint density at radius 2 is 2.28 bits per heavy atom. The quantitative estimate of drug-likeness (QED) is 0.867. The van der Waals surface area contributed by atoms with E-state index in [0.717, 1.165) is 18.1 Å². The Kier molecular flexibility index (Phi) is 3.15. The van der Waals surface area contributed by atoms with Crippen LogP contribution in [-0.4, -0.2) is 17.0 Å². The number of rotatable bonds is 5. The van der Waals surface area contributed by atoms with Gasteiger partial charge in [-0.2, -0.15) is 4.98 Å². The first-order valence-electron chi connectivity index (χ1n) is 6.18. The second kappa shape index (κ2) is 4.94. The van der Waals surface area contributed by atoms with Crippen LogP contribution in [-0.2, 0) is 6.54 Å². The highest BCUT2D eigenvalue weighted by molar-refractivity contribution is 7.09. The normalized spacial score (nSPS) is 14.5. The highest BCUT2D eigenvalue weighted by Crippen LogP contribution is 2.39. The second-order valence-corrected chi connectivity index (χ2v) is 5.49. The summed E-state index contributed by atoms with van der Waals surface area (Å²) in [6.45, 7) is 0.821. The van der Waals surface area contributed by atoms with Gasteiger partial charge in [-0.1, -0.05) is 6.07 Å². The Morgan fingerprint density at radius 1 is 1.39 bits per heavy atom. The maximum absolute atomic E-state index is 4.50. The van der Waals surface area contributed by atoms with Crippen LogP contribution in [0.4, 0.5) is 11.8 Å². The molecule has 0 radical (unpaired) electrons.